The molecule has 0 radical (unpaired) electrons. The molecule has 1 N–H and O–H groups in total. The maximum atomic E-state index is 12.4. The number of hydrogen-bond acceptors (Lipinski definition) is 4. The van der Waals surface area contributed by atoms with Crippen molar-refractivity contribution in [2.45, 2.75) is 38.6 Å². The van der Waals surface area contributed by atoms with E-state index in [0.717, 1.165) is 51.1 Å². The first-order valence-electron chi connectivity index (χ1n) is 8.88. The molecule has 2 atom stereocenters. The van der Waals surface area contributed by atoms with Gasteiger partial charge in [0.15, 0.2) is 0 Å². The lowest BCUT2D eigenvalue weighted by molar-refractivity contribution is -0.134. The molecule has 3 aliphatic rings. The number of carbonyl (C=O) groups is 1. The molecular weight excluding hydrogens is 288 g/mol. The van der Waals surface area contributed by atoms with Crippen molar-refractivity contribution in [3.63, 3.8) is 0 Å². The Kier molecular flexibility index (Phi) is 3.66. The Balaban J connectivity index is 1.55. The first kappa shape index (κ1) is 14.8. The molecule has 5 nitrogen and oxygen atoms in total. The Morgan fingerprint density at radius 1 is 1.39 bits per heavy atom. The lowest BCUT2D eigenvalue weighted by Crippen LogP contribution is -2.53. The molecule has 1 aliphatic carbocycles. The molecule has 2 fully saturated rings. The topological polar surface area (TPSA) is 48.5 Å². The summed E-state index contributed by atoms with van der Waals surface area (Å²) in [5.41, 5.74) is 2.60. The average Bonchev–Trinajstić information content (AvgIpc) is 3.30. The van der Waals surface area contributed by atoms with E-state index >= 15 is 0 Å². The Morgan fingerprint density at radius 3 is 3.00 bits per heavy atom. The predicted molar refractivity (Wildman–Crippen MR) is 91.7 cm³/mol. The minimum atomic E-state index is 0.323. The van der Waals surface area contributed by atoms with Gasteiger partial charge in [-0.3, -0.25) is 4.79 Å². The number of piperidine rings is 1. The highest BCUT2D eigenvalue weighted by atomic mass is 16.2. The Labute approximate surface area is 138 Å². The minimum Gasteiger partial charge on any atom is -0.369 e. The third-order valence-corrected chi connectivity index (χ3v) is 5.73. The quantitative estimate of drug-likeness (QED) is 0.928. The van der Waals surface area contributed by atoms with E-state index < -0.39 is 0 Å². The summed E-state index contributed by atoms with van der Waals surface area (Å²) in [6.45, 7) is 5.08. The SMILES string of the molecule is C[C@@H]1CCN(C(=O)C2CC2)CC1N(C)c1ccnc2c1CCN2. The van der Waals surface area contributed by atoms with Crippen molar-refractivity contribution in [3.8, 4) is 0 Å². The van der Waals surface area contributed by atoms with E-state index in [1.807, 2.05) is 6.20 Å². The van der Waals surface area contributed by atoms with Crippen LogP contribution in [0.3, 0.4) is 0 Å². The molecule has 1 amide bonds. The molecular formula is C18H26N4O. The third-order valence-electron chi connectivity index (χ3n) is 5.73. The second-order valence-corrected chi connectivity index (χ2v) is 7.34. The predicted octanol–water partition coefficient (Wildman–Crippen LogP) is 2.13. The van der Waals surface area contributed by atoms with Crippen molar-refractivity contribution in [1.82, 2.24) is 9.88 Å². The fourth-order valence-electron chi connectivity index (χ4n) is 4.04. The van der Waals surface area contributed by atoms with Crippen LogP contribution in [0.5, 0.6) is 0 Å². The molecule has 124 valence electrons. The maximum Gasteiger partial charge on any atom is 0.225 e. The number of nitrogens with one attached hydrogen (secondary N) is 1. The normalized spacial score (nSPS) is 26.6. The van der Waals surface area contributed by atoms with Gasteiger partial charge >= 0.3 is 0 Å². The van der Waals surface area contributed by atoms with Crippen molar-refractivity contribution < 1.29 is 4.79 Å². The molecule has 1 saturated carbocycles. The van der Waals surface area contributed by atoms with E-state index in [-0.39, 0.29) is 0 Å². The second-order valence-electron chi connectivity index (χ2n) is 7.34. The fraction of sp³-hybridized carbons (Fsp3) is 0.667. The summed E-state index contributed by atoms with van der Waals surface area (Å²) in [4.78, 5) is 21.4. The highest BCUT2D eigenvalue weighted by Crippen LogP contribution is 2.35. The zero-order valence-corrected chi connectivity index (χ0v) is 14.1. The number of likely N-dealkylation sites (tertiary alicyclic amines) is 1. The molecule has 0 bridgehead atoms. The summed E-state index contributed by atoms with van der Waals surface area (Å²) < 4.78 is 0. The fourth-order valence-corrected chi connectivity index (χ4v) is 4.04. The summed E-state index contributed by atoms with van der Waals surface area (Å²) >= 11 is 0. The lowest BCUT2D eigenvalue weighted by atomic mass is 9.91. The molecule has 0 spiro atoms. The Morgan fingerprint density at radius 2 is 2.22 bits per heavy atom. The number of fused-ring (bicyclic) bond motifs is 1. The van der Waals surface area contributed by atoms with Crippen LogP contribution in [-0.4, -0.2) is 48.5 Å². The van der Waals surface area contributed by atoms with Crippen molar-refractivity contribution in [2.75, 3.05) is 36.9 Å². The zero-order valence-electron chi connectivity index (χ0n) is 14.1. The summed E-state index contributed by atoms with van der Waals surface area (Å²) in [6, 6.07) is 2.51. The highest BCUT2D eigenvalue weighted by molar-refractivity contribution is 5.81. The van der Waals surface area contributed by atoms with Gasteiger partial charge in [-0.2, -0.15) is 0 Å². The zero-order chi connectivity index (χ0) is 16.0. The maximum absolute atomic E-state index is 12.4. The summed E-state index contributed by atoms with van der Waals surface area (Å²) in [6.07, 6.45) is 6.21. The standard InChI is InChI=1S/C18H26N4O/c1-12-7-10-22(18(23)13-3-4-13)11-16(12)21(2)15-6-9-20-17-14(15)5-8-19-17/h6,9,12-13,16H,3-5,7-8,10-11H2,1-2H3,(H,19,20)/t12-,16?/m1/s1. The number of amides is 1. The van der Waals surface area contributed by atoms with E-state index in [2.05, 4.69) is 40.1 Å². The van der Waals surface area contributed by atoms with Crippen molar-refractivity contribution in [1.29, 1.82) is 0 Å². The molecule has 1 aromatic rings. The van der Waals surface area contributed by atoms with Gasteiger partial charge in [-0.15, -0.1) is 0 Å². The molecule has 0 aromatic carbocycles. The van der Waals surface area contributed by atoms with Gasteiger partial charge in [0, 0.05) is 56.1 Å². The first-order chi connectivity index (χ1) is 11.1. The van der Waals surface area contributed by atoms with Gasteiger partial charge in [-0.05, 0) is 37.7 Å². The number of hydrogen-bond donors (Lipinski definition) is 1. The lowest BCUT2D eigenvalue weighted by Gasteiger charge is -2.43. The van der Waals surface area contributed by atoms with E-state index in [9.17, 15) is 4.79 Å². The van der Waals surface area contributed by atoms with Gasteiger partial charge in [0.25, 0.3) is 0 Å². The largest absolute Gasteiger partial charge is 0.369 e. The van der Waals surface area contributed by atoms with Crippen LogP contribution in [0, 0.1) is 11.8 Å². The van der Waals surface area contributed by atoms with Gasteiger partial charge < -0.3 is 15.1 Å². The highest BCUT2D eigenvalue weighted by Gasteiger charge is 2.38. The minimum absolute atomic E-state index is 0.323. The van der Waals surface area contributed by atoms with Gasteiger partial charge in [0.2, 0.25) is 5.91 Å². The van der Waals surface area contributed by atoms with Crippen LogP contribution in [0.15, 0.2) is 12.3 Å². The van der Waals surface area contributed by atoms with Crippen LogP contribution in [0.25, 0.3) is 0 Å². The van der Waals surface area contributed by atoms with Gasteiger partial charge in [-0.1, -0.05) is 6.92 Å². The average molecular weight is 314 g/mol. The van der Waals surface area contributed by atoms with E-state index in [0.29, 0.717) is 23.8 Å². The molecule has 2 aliphatic heterocycles. The summed E-state index contributed by atoms with van der Waals surface area (Å²) in [5.74, 6) is 2.34. The first-order valence-corrected chi connectivity index (χ1v) is 8.88. The van der Waals surface area contributed by atoms with Crippen LogP contribution in [0.4, 0.5) is 11.5 Å². The molecule has 1 unspecified atom stereocenters. The Bertz CT molecular complexity index is 613. The number of nitrogens with zero attached hydrogens (tertiary/aromatic N) is 3. The summed E-state index contributed by atoms with van der Waals surface area (Å²) in [7, 11) is 2.18. The van der Waals surface area contributed by atoms with E-state index in [1.54, 1.807) is 0 Å². The third kappa shape index (κ3) is 2.66. The molecule has 4 rings (SSSR count). The summed E-state index contributed by atoms with van der Waals surface area (Å²) in [5, 5.41) is 3.36. The number of pyridine rings is 1. The Hall–Kier alpha value is -1.78. The van der Waals surface area contributed by atoms with Crippen LogP contribution < -0.4 is 10.2 Å². The number of aromatic nitrogens is 1. The van der Waals surface area contributed by atoms with Crippen LogP contribution in [-0.2, 0) is 11.2 Å². The molecule has 23 heavy (non-hydrogen) atoms. The molecule has 1 saturated heterocycles. The van der Waals surface area contributed by atoms with Crippen molar-refractivity contribution in [2.24, 2.45) is 11.8 Å². The van der Waals surface area contributed by atoms with Crippen LogP contribution in [0.2, 0.25) is 0 Å². The molecule has 5 heteroatoms. The van der Waals surface area contributed by atoms with Gasteiger partial charge in [0.1, 0.15) is 5.82 Å². The monoisotopic (exact) mass is 314 g/mol. The number of carbonyl (C=O) groups excluding carboxylic acids is 1. The van der Waals surface area contributed by atoms with E-state index in [1.165, 1.54) is 11.3 Å². The number of likely N-dealkylation sites (N-methyl/N-ethyl adjacent to an activating group) is 1. The van der Waals surface area contributed by atoms with E-state index in [4.69, 9.17) is 0 Å². The van der Waals surface area contributed by atoms with Crippen molar-refractivity contribution in [3.05, 3.63) is 17.8 Å². The molecule has 3 heterocycles. The van der Waals surface area contributed by atoms with Gasteiger partial charge in [0.05, 0.1) is 0 Å². The van der Waals surface area contributed by atoms with Gasteiger partial charge in [-0.25, -0.2) is 4.98 Å². The number of anilines is 2. The van der Waals surface area contributed by atoms with Crippen LogP contribution in [0.1, 0.15) is 31.7 Å². The number of rotatable bonds is 3. The van der Waals surface area contributed by atoms with Crippen molar-refractivity contribution >= 4 is 17.4 Å². The smallest absolute Gasteiger partial charge is 0.225 e. The van der Waals surface area contributed by atoms with Crippen LogP contribution >= 0.6 is 0 Å². The molecule has 1 aromatic heterocycles. The second kappa shape index (κ2) is 5.69.